The first kappa shape index (κ1) is 79.3. The SMILES string of the molecule is CC(C)(C)c1ccc([S+](c2ccc(C(C)(C)C)cc2)c2ccc(C(C)(C)C)cc2)cc1.CC(C)(C)c1ccc([S+](c2ccccc2)c2ccc(C(C)(C)C)cc2)cc1.CC1(Oc2ccc([S+]3CCSCC3)cc2)CCCCC1.c1ccc([S+](c2ccccc2)c2ccc(C3CCCCC3)cc2)cc1. The molecule has 103 heavy (non-hydrogen) atoms. The molecule has 0 spiro atoms. The smallest absolute Gasteiger partial charge is 0.166 e. The van der Waals surface area contributed by atoms with Gasteiger partial charge in [0.05, 0.1) is 32.7 Å². The van der Waals surface area contributed by atoms with E-state index in [1.165, 1.54) is 170 Å². The zero-order valence-electron chi connectivity index (χ0n) is 65.3. The molecule has 0 amide bonds. The number of thioether (sulfide) groups is 1. The zero-order valence-corrected chi connectivity index (χ0v) is 69.3. The van der Waals surface area contributed by atoms with Crippen LogP contribution in [0.2, 0.25) is 0 Å². The van der Waals surface area contributed by atoms with Crippen LogP contribution in [0.15, 0.2) is 310 Å². The molecule has 13 rings (SSSR count). The van der Waals surface area contributed by atoms with Crippen molar-refractivity contribution in [3.8, 4) is 5.75 Å². The Morgan fingerprint density at radius 3 is 0.854 bits per heavy atom. The molecule has 3 fully saturated rings. The Labute approximate surface area is 640 Å². The van der Waals surface area contributed by atoms with Crippen LogP contribution in [0, 0.1) is 0 Å². The van der Waals surface area contributed by atoms with E-state index in [0.29, 0.717) is 10.9 Å². The highest BCUT2D eigenvalue weighted by atomic mass is 32.2. The summed E-state index contributed by atoms with van der Waals surface area (Å²) >= 11 is 2.10. The van der Waals surface area contributed by atoms with E-state index in [0.717, 1.165) is 11.7 Å². The van der Waals surface area contributed by atoms with Gasteiger partial charge in [-0.2, -0.15) is 11.8 Å². The first-order valence-electron chi connectivity index (χ1n) is 38.1. The summed E-state index contributed by atoms with van der Waals surface area (Å²) in [6.07, 6.45) is 13.3. The van der Waals surface area contributed by atoms with Crippen molar-refractivity contribution < 1.29 is 4.74 Å². The van der Waals surface area contributed by atoms with E-state index in [1.807, 2.05) is 0 Å². The van der Waals surface area contributed by atoms with Crippen LogP contribution in [0.25, 0.3) is 0 Å². The van der Waals surface area contributed by atoms with Gasteiger partial charge in [-0.25, -0.2) is 0 Å². The summed E-state index contributed by atoms with van der Waals surface area (Å²) in [6.45, 7) is 36.4. The lowest BCUT2D eigenvalue weighted by atomic mass is 9.84. The van der Waals surface area contributed by atoms with Gasteiger partial charge in [0.1, 0.15) is 22.9 Å². The minimum atomic E-state index is -0.120. The van der Waals surface area contributed by atoms with E-state index in [9.17, 15) is 0 Å². The van der Waals surface area contributed by atoms with Crippen LogP contribution in [0.5, 0.6) is 5.75 Å². The monoisotopic (exact) mass is 1460 g/mol. The van der Waals surface area contributed by atoms with Gasteiger partial charge in [-0.1, -0.05) is 257 Å². The molecule has 0 bridgehead atoms. The van der Waals surface area contributed by atoms with Crippen LogP contribution in [-0.4, -0.2) is 28.6 Å². The molecule has 10 aromatic rings. The maximum Gasteiger partial charge on any atom is 0.166 e. The summed E-state index contributed by atoms with van der Waals surface area (Å²) in [4.78, 5) is 14.0. The molecule has 0 aromatic heterocycles. The summed E-state index contributed by atoms with van der Waals surface area (Å²) < 4.78 is 6.28. The predicted octanol–water partition coefficient (Wildman–Crippen LogP) is 27.4. The number of hydrogen-bond acceptors (Lipinski definition) is 2. The molecule has 6 heteroatoms. The molecule has 0 N–H and O–H groups in total. The summed E-state index contributed by atoms with van der Waals surface area (Å²) in [5.41, 5.74) is 9.37. The fourth-order valence-electron chi connectivity index (χ4n) is 13.8. The van der Waals surface area contributed by atoms with Crippen molar-refractivity contribution in [1.82, 2.24) is 0 Å². The van der Waals surface area contributed by atoms with Gasteiger partial charge >= 0.3 is 0 Å². The third-order valence-electron chi connectivity index (χ3n) is 20.3. The summed E-state index contributed by atoms with van der Waals surface area (Å²) in [7, 11) is 0.258. The zero-order chi connectivity index (χ0) is 73.4. The molecular weight excluding hydrogens is 1340 g/mol. The second-order valence-corrected chi connectivity index (χ2v) is 43.3. The topological polar surface area (TPSA) is 9.23 Å². The Bertz CT molecular complexity index is 3880. The van der Waals surface area contributed by atoms with Gasteiger partial charge in [-0.15, -0.1) is 0 Å². The number of rotatable bonds is 13. The van der Waals surface area contributed by atoms with Crippen molar-refractivity contribution in [3.63, 3.8) is 0 Å². The van der Waals surface area contributed by atoms with E-state index in [1.54, 1.807) is 0 Å². The van der Waals surface area contributed by atoms with Gasteiger partial charge in [0.2, 0.25) is 0 Å². The highest BCUT2D eigenvalue weighted by molar-refractivity contribution is 8.05. The molecule has 1 aliphatic heterocycles. The molecular formula is C97H120OS5+4. The second-order valence-electron chi connectivity index (χ2n) is 33.7. The molecule has 2 aliphatic carbocycles. The first-order chi connectivity index (χ1) is 49.1. The van der Waals surface area contributed by atoms with E-state index in [-0.39, 0.29) is 65.4 Å². The average molecular weight is 1460 g/mol. The van der Waals surface area contributed by atoms with Crippen molar-refractivity contribution in [3.05, 3.63) is 294 Å². The lowest BCUT2D eigenvalue weighted by Crippen LogP contribution is -2.34. The standard InChI is InChI=1S/C30H39S.C26H31S.C24H25S.C17H25OS2/c1-28(2,3)22-10-16-25(17-11-22)31(26-18-12-23(13-19-26)29(4,5)6)27-20-14-24(15-21-27)30(7,8)9;1-25(2,3)20-12-16-23(17-13-20)27(22-10-8-7-9-11-22)24-18-14-21(15-19-24)26(4,5)6;1-4-10-20(11-5-1)21-16-18-24(19-17-21)25(22-12-6-2-7-13-22)23-14-8-3-9-15-23;1-17(9-3-2-4-10-17)18-15-5-7-16(8-6-15)20-13-11-19-12-14-20/h10-21H,1-9H3;7-19H,1-6H3;2-3,6-9,12-20H,1,4-5,10-11H2;5-8H,2-4,9-14H2,1H3/q4*+1. The van der Waals surface area contributed by atoms with E-state index >= 15 is 0 Å². The molecule has 10 aromatic carbocycles. The average Bonchev–Trinajstić information content (AvgIpc) is 0.800. The summed E-state index contributed by atoms with van der Waals surface area (Å²) in [5.74, 6) is 7.23. The van der Waals surface area contributed by atoms with Crippen molar-refractivity contribution in [2.24, 2.45) is 0 Å². The van der Waals surface area contributed by atoms with Crippen LogP contribution in [0.4, 0.5) is 0 Å². The Balaban J connectivity index is 0.000000149. The lowest BCUT2D eigenvalue weighted by molar-refractivity contribution is 0.0487. The molecule has 1 heterocycles. The minimum absolute atomic E-state index is 0.0278. The van der Waals surface area contributed by atoms with Crippen LogP contribution >= 0.6 is 11.8 Å². The fourth-order valence-corrected chi connectivity index (χ4v) is 23.9. The predicted molar refractivity (Wildman–Crippen MR) is 455 cm³/mol. The first-order valence-corrected chi connectivity index (χ1v) is 44.5. The quantitative estimate of drug-likeness (QED) is 0.106. The number of ether oxygens (including phenoxy) is 1. The van der Waals surface area contributed by atoms with Crippen LogP contribution in [-0.2, 0) is 70.7 Å². The Kier molecular flexibility index (Phi) is 27.6. The Hall–Kier alpha value is -6.25. The molecule has 0 atom stereocenters. The molecule has 0 unspecified atom stereocenters. The Morgan fingerprint density at radius 2 is 0.573 bits per heavy atom. The highest BCUT2D eigenvalue weighted by Gasteiger charge is 2.35. The normalized spacial score (nSPS) is 15.4. The van der Waals surface area contributed by atoms with Gasteiger partial charge in [0, 0.05) is 22.4 Å². The fraction of sp³-hybridized carbons (Fsp3) is 0.381. The van der Waals surface area contributed by atoms with Gasteiger partial charge in [0.25, 0.3) is 0 Å². The van der Waals surface area contributed by atoms with E-state index in [4.69, 9.17) is 4.74 Å². The van der Waals surface area contributed by atoms with Crippen molar-refractivity contribution in [2.45, 2.75) is 263 Å². The number of hydrogen-bond donors (Lipinski definition) is 0. The molecule has 0 radical (unpaired) electrons. The molecule has 1 saturated heterocycles. The second kappa shape index (κ2) is 35.9. The maximum absolute atomic E-state index is 6.28. The summed E-state index contributed by atoms with van der Waals surface area (Å²) in [6, 6.07) is 97.5. The third kappa shape index (κ3) is 22.7. The molecule has 540 valence electrons. The Morgan fingerprint density at radius 1 is 0.311 bits per heavy atom. The number of benzene rings is 10. The molecule has 2 saturated carbocycles. The van der Waals surface area contributed by atoms with Gasteiger partial charge in [-0.05, 0) is 245 Å². The minimum Gasteiger partial charge on any atom is -0.488 e. The highest BCUT2D eigenvalue weighted by Crippen LogP contribution is 2.41. The van der Waals surface area contributed by atoms with Crippen molar-refractivity contribution in [1.29, 1.82) is 0 Å². The van der Waals surface area contributed by atoms with Crippen LogP contribution in [0.1, 0.15) is 214 Å². The van der Waals surface area contributed by atoms with Crippen molar-refractivity contribution in [2.75, 3.05) is 23.0 Å². The molecule has 1 nitrogen and oxygen atoms in total. The molecule has 3 aliphatic rings. The van der Waals surface area contributed by atoms with Gasteiger partial charge in [-0.3, -0.25) is 0 Å². The lowest BCUT2D eigenvalue weighted by Gasteiger charge is -2.34. The van der Waals surface area contributed by atoms with Crippen LogP contribution < -0.4 is 4.74 Å². The summed E-state index contributed by atoms with van der Waals surface area (Å²) in [5, 5.41) is 0. The van der Waals surface area contributed by atoms with Crippen LogP contribution in [0.3, 0.4) is 0 Å². The van der Waals surface area contributed by atoms with Gasteiger partial charge < -0.3 is 4.74 Å². The van der Waals surface area contributed by atoms with Crippen molar-refractivity contribution >= 4 is 55.3 Å². The van der Waals surface area contributed by atoms with E-state index in [2.05, 4.69) is 383 Å². The largest absolute Gasteiger partial charge is 0.488 e. The third-order valence-corrected chi connectivity index (χ3v) is 30.8. The van der Waals surface area contributed by atoms with E-state index < -0.39 is 0 Å². The van der Waals surface area contributed by atoms with Gasteiger partial charge in [0.15, 0.2) is 49.0 Å². The maximum atomic E-state index is 6.28.